The standard InChI is InChI=1S/C49H55ClN8O5S/c1-30-32(3)64-48-46(30)49(5,36-10-12-37(50)13-11-36)55-42(47-57-56-33(4)58(47)48)29-45(60)53-38-14-16-39(17-15-38)63-23-8-6-7-22-61-25-26-62-24-21-51-43-20-18-40(31(2)52-43)34-9-19-41-35(27-34)28-44(59)54-41/h9-20,27,42,55H,6-8,21-26,28-29H2,1-5H3,(H,51,52)(H,53,60)(H,54,59)/t42-,49?/m0/s1. The second-order valence-electron chi connectivity index (χ2n) is 16.5. The van der Waals surface area contributed by atoms with Crippen molar-refractivity contribution in [2.24, 2.45) is 0 Å². The van der Waals surface area contributed by atoms with Crippen LogP contribution in [0.25, 0.3) is 16.1 Å². The molecule has 0 fully saturated rings. The van der Waals surface area contributed by atoms with Crippen molar-refractivity contribution < 1.29 is 23.8 Å². The van der Waals surface area contributed by atoms with Crippen LogP contribution in [0.4, 0.5) is 17.2 Å². The Balaban J connectivity index is 0.711. The summed E-state index contributed by atoms with van der Waals surface area (Å²) in [5, 5.41) is 23.9. The fraction of sp³-hybridized carbons (Fsp3) is 0.367. The monoisotopic (exact) mass is 902 g/mol. The molecule has 1 unspecified atom stereocenters. The number of nitrogens with one attached hydrogen (secondary N) is 4. The highest BCUT2D eigenvalue weighted by Gasteiger charge is 2.43. The molecule has 2 aliphatic rings. The second kappa shape index (κ2) is 20.0. The van der Waals surface area contributed by atoms with Crippen molar-refractivity contribution in [2.75, 3.05) is 55.5 Å². The first kappa shape index (κ1) is 44.9. The molecule has 6 aromatic rings. The molecule has 3 aromatic heterocycles. The first-order valence-electron chi connectivity index (χ1n) is 21.9. The normalized spacial score (nSPS) is 16.4. The molecule has 3 aromatic carbocycles. The number of aromatic nitrogens is 4. The Kier molecular flexibility index (Phi) is 14.1. The van der Waals surface area contributed by atoms with E-state index in [9.17, 15) is 9.59 Å². The van der Waals surface area contributed by atoms with Crippen LogP contribution >= 0.6 is 22.9 Å². The molecule has 0 bridgehead atoms. The number of benzene rings is 3. The zero-order chi connectivity index (χ0) is 44.8. The van der Waals surface area contributed by atoms with Gasteiger partial charge in [-0.25, -0.2) is 4.98 Å². The molecule has 0 aliphatic carbocycles. The van der Waals surface area contributed by atoms with E-state index in [2.05, 4.69) is 68.9 Å². The summed E-state index contributed by atoms with van der Waals surface area (Å²) < 4.78 is 19.6. The number of nitrogens with zero attached hydrogens (tertiary/aromatic N) is 4. The van der Waals surface area contributed by atoms with Crippen LogP contribution in [0.5, 0.6) is 5.75 Å². The van der Waals surface area contributed by atoms with Gasteiger partial charge in [-0.3, -0.25) is 19.5 Å². The number of hydrogen-bond donors (Lipinski definition) is 4. The molecule has 2 aliphatic heterocycles. The summed E-state index contributed by atoms with van der Waals surface area (Å²) >= 11 is 8.03. The molecule has 0 radical (unpaired) electrons. The molecule has 15 heteroatoms. The molecule has 13 nitrogen and oxygen atoms in total. The summed E-state index contributed by atoms with van der Waals surface area (Å²) in [4.78, 5) is 31.3. The molecule has 0 saturated heterocycles. The fourth-order valence-corrected chi connectivity index (χ4v) is 9.94. The number of amides is 2. The van der Waals surface area contributed by atoms with E-state index >= 15 is 0 Å². The van der Waals surface area contributed by atoms with Crippen molar-refractivity contribution in [2.45, 2.75) is 78.3 Å². The van der Waals surface area contributed by atoms with Gasteiger partial charge in [-0.05, 0) is 137 Å². The van der Waals surface area contributed by atoms with Crippen molar-refractivity contribution in [1.82, 2.24) is 25.1 Å². The zero-order valence-corrected chi connectivity index (χ0v) is 38.5. The lowest BCUT2D eigenvalue weighted by Gasteiger charge is -2.34. The zero-order valence-electron chi connectivity index (χ0n) is 37.0. The third-order valence-electron chi connectivity index (χ3n) is 11.9. The lowest BCUT2D eigenvalue weighted by atomic mass is 9.82. The van der Waals surface area contributed by atoms with Crippen LogP contribution in [0.1, 0.15) is 83.1 Å². The number of ether oxygens (including phenoxy) is 3. The van der Waals surface area contributed by atoms with E-state index in [1.807, 2.05) is 80.6 Å². The van der Waals surface area contributed by atoms with E-state index in [0.29, 0.717) is 62.5 Å². The number of anilines is 3. The highest BCUT2D eigenvalue weighted by Crippen LogP contribution is 2.46. The van der Waals surface area contributed by atoms with Crippen LogP contribution in [0, 0.1) is 27.7 Å². The van der Waals surface area contributed by atoms with E-state index in [4.69, 9.17) is 30.8 Å². The first-order valence-corrected chi connectivity index (χ1v) is 23.1. The number of aryl methyl sites for hydroxylation is 3. The van der Waals surface area contributed by atoms with Gasteiger partial charge < -0.3 is 30.2 Å². The van der Waals surface area contributed by atoms with Gasteiger partial charge >= 0.3 is 0 Å². The Morgan fingerprint density at radius 3 is 2.45 bits per heavy atom. The van der Waals surface area contributed by atoms with Crippen LogP contribution in [-0.4, -0.2) is 71.1 Å². The summed E-state index contributed by atoms with van der Waals surface area (Å²) in [5.41, 5.74) is 8.39. The number of pyridine rings is 1. The third-order valence-corrected chi connectivity index (χ3v) is 13.3. The van der Waals surface area contributed by atoms with E-state index in [0.717, 1.165) is 80.9 Å². The fourth-order valence-electron chi connectivity index (χ4n) is 8.49. The molecule has 2 amide bonds. The third kappa shape index (κ3) is 10.2. The lowest BCUT2D eigenvalue weighted by Crippen LogP contribution is -2.43. The number of rotatable bonds is 19. The topological polar surface area (TPSA) is 154 Å². The van der Waals surface area contributed by atoms with E-state index < -0.39 is 11.6 Å². The molecule has 0 saturated carbocycles. The van der Waals surface area contributed by atoms with Gasteiger partial charge in [0.1, 0.15) is 22.4 Å². The van der Waals surface area contributed by atoms with Gasteiger partial charge in [-0.2, -0.15) is 0 Å². The van der Waals surface area contributed by atoms with Gasteiger partial charge in [-0.15, -0.1) is 21.5 Å². The van der Waals surface area contributed by atoms with Crippen LogP contribution in [0.15, 0.2) is 78.9 Å². The molecule has 334 valence electrons. The molecular formula is C49H55ClN8O5S. The van der Waals surface area contributed by atoms with Crippen LogP contribution in [0.3, 0.4) is 0 Å². The Morgan fingerprint density at radius 1 is 0.906 bits per heavy atom. The van der Waals surface area contributed by atoms with Crippen LogP contribution < -0.4 is 26.0 Å². The first-order chi connectivity index (χ1) is 31.0. The number of carbonyl (C=O) groups is 2. The predicted molar refractivity (Wildman–Crippen MR) is 253 cm³/mol. The average Bonchev–Trinajstić information content (AvgIpc) is 3.92. The summed E-state index contributed by atoms with van der Waals surface area (Å²) in [5.74, 6) is 2.92. The van der Waals surface area contributed by atoms with Gasteiger partial charge in [0.2, 0.25) is 11.8 Å². The predicted octanol–water partition coefficient (Wildman–Crippen LogP) is 9.40. The van der Waals surface area contributed by atoms with Gasteiger partial charge in [0.15, 0.2) is 5.82 Å². The van der Waals surface area contributed by atoms with E-state index in [1.54, 1.807) is 11.3 Å². The smallest absolute Gasteiger partial charge is 0.228 e. The van der Waals surface area contributed by atoms with Gasteiger partial charge in [0, 0.05) is 57.7 Å². The van der Waals surface area contributed by atoms with Crippen molar-refractivity contribution in [1.29, 1.82) is 0 Å². The number of thiophene rings is 1. The van der Waals surface area contributed by atoms with Gasteiger partial charge in [0.25, 0.3) is 0 Å². The Labute approximate surface area is 383 Å². The maximum atomic E-state index is 13.7. The number of fused-ring (bicyclic) bond motifs is 4. The molecule has 8 rings (SSSR count). The maximum absolute atomic E-state index is 13.7. The Morgan fingerprint density at radius 2 is 1.67 bits per heavy atom. The highest BCUT2D eigenvalue weighted by molar-refractivity contribution is 7.14. The molecule has 64 heavy (non-hydrogen) atoms. The number of unbranched alkanes of at least 4 members (excludes halogenated alkanes) is 2. The minimum atomic E-state index is -0.629. The molecule has 4 N–H and O–H groups in total. The van der Waals surface area contributed by atoms with E-state index in [-0.39, 0.29) is 18.2 Å². The lowest BCUT2D eigenvalue weighted by molar-refractivity contribution is -0.117. The summed E-state index contributed by atoms with van der Waals surface area (Å²) in [6.45, 7) is 13.9. The Bertz CT molecular complexity index is 2610. The Hall–Kier alpha value is -5.64. The molecular weight excluding hydrogens is 848 g/mol. The SMILES string of the molecule is Cc1nc(NCCOCCOCCCCCOc2ccc(NC(=O)C[C@@H]3NC(C)(c4ccc(Cl)cc4)c4c(sc(C)c4C)-n4c(C)nnc43)cc2)ccc1-c1ccc2c(c1)CC(=O)N2. The van der Waals surface area contributed by atoms with E-state index in [1.165, 1.54) is 10.4 Å². The van der Waals surface area contributed by atoms with Crippen molar-refractivity contribution in [3.05, 3.63) is 128 Å². The summed E-state index contributed by atoms with van der Waals surface area (Å²) in [7, 11) is 0. The molecule has 5 heterocycles. The molecule has 2 atom stereocenters. The maximum Gasteiger partial charge on any atom is 0.228 e. The summed E-state index contributed by atoms with van der Waals surface area (Å²) in [6.07, 6.45) is 3.40. The molecule has 0 spiro atoms. The number of halogens is 1. The number of carbonyl (C=O) groups excluding carboxylic acids is 2. The summed E-state index contributed by atoms with van der Waals surface area (Å²) in [6, 6.07) is 25.0. The largest absolute Gasteiger partial charge is 0.494 e. The minimum absolute atomic E-state index is 0.0333. The van der Waals surface area contributed by atoms with Crippen molar-refractivity contribution >= 4 is 51.9 Å². The van der Waals surface area contributed by atoms with Crippen molar-refractivity contribution in [3.8, 4) is 21.9 Å². The minimum Gasteiger partial charge on any atom is -0.494 e. The van der Waals surface area contributed by atoms with Crippen molar-refractivity contribution in [3.63, 3.8) is 0 Å². The average molecular weight is 904 g/mol. The van der Waals surface area contributed by atoms with Gasteiger partial charge in [0.05, 0.1) is 44.4 Å². The number of hydrogen-bond acceptors (Lipinski definition) is 11. The van der Waals surface area contributed by atoms with Crippen LogP contribution in [0.2, 0.25) is 5.02 Å². The van der Waals surface area contributed by atoms with Gasteiger partial charge in [-0.1, -0.05) is 29.8 Å². The quantitative estimate of drug-likeness (QED) is 0.0579. The highest BCUT2D eigenvalue weighted by atomic mass is 35.5. The van der Waals surface area contributed by atoms with Crippen LogP contribution in [-0.2, 0) is 31.0 Å². The second-order valence-corrected chi connectivity index (χ2v) is 18.1.